The van der Waals surface area contributed by atoms with Crippen molar-refractivity contribution in [3.05, 3.63) is 0 Å². The van der Waals surface area contributed by atoms with Gasteiger partial charge >= 0.3 is 0 Å². The van der Waals surface area contributed by atoms with Crippen molar-refractivity contribution in [1.82, 2.24) is 8.01 Å². The SMILES string of the molecule is CC(C)CC(C)N(C(=S)N(C)I)C(C)C. The molecule has 0 aromatic heterocycles. The van der Waals surface area contributed by atoms with Crippen LogP contribution in [0, 0.1) is 5.92 Å². The van der Waals surface area contributed by atoms with Gasteiger partial charge in [0.15, 0.2) is 5.11 Å². The van der Waals surface area contributed by atoms with Crippen LogP contribution < -0.4 is 0 Å². The van der Waals surface area contributed by atoms with E-state index in [0.717, 1.165) is 5.11 Å². The van der Waals surface area contributed by atoms with Gasteiger partial charge in [-0.15, -0.1) is 0 Å². The third-order valence-corrected chi connectivity index (χ3v) is 3.60. The number of thiocarbonyl (C=S) groups is 1. The maximum absolute atomic E-state index is 5.45. The molecule has 90 valence electrons. The van der Waals surface area contributed by atoms with E-state index in [2.05, 4.69) is 62.4 Å². The summed E-state index contributed by atoms with van der Waals surface area (Å²) in [5.74, 6) is 0.712. The van der Waals surface area contributed by atoms with Crippen LogP contribution in [-0.4, -0.2) is 32.3 Å². The Balaban J connectivity index is 4.59. The molecular weight excluding hydrogens is 319 g/mol. The molecule has 1 atom stereocenters. The van der Waals surface area contributed by atoms with Crippen molar-refractivity contribution in [1.29, 1.82) is 0 Å². The van der Waals surface area contributed by atoms with Crippen molar-refractivity contribution in [3.8, 4) is 0 Å². The number of hydrogen-bond donors (Lipinski definition) is 0. The van der Waals surface area contributed by atoms with Gasteiger partial charge in [-0.25, -0.2) is 0 Å². The van der Waals surface area contributed by atoms with Gasteiger partial charge in [-0.05, 0) is 45.3 Å². The Morgan fingerprint density at radius 3 is 1.93 bits per heavy atom. The molecule has 0 fully saturated rings. The van der Waals surface area contributed by atoms with Crippen molar-refractivity contribution in [3.63, 3.8) is 0 Å². The normalized spacial score (nSPS) is 13.1. The van der Waals surface area contributed by atoms with Crippen molar-refractivity contribution in [2.45, 2.75) is 53.1 Å². The minimum atomic E-state index is 0.462. The van der Waals surface area contributed by atoms with Crippen LogP contribution in [0.3, 0.4) is 0 Å². The Bertz CT molecular complexity index is 205. The van der Waals surface area contributed by atoms with Gasteiger partial charge in [-0.3, -0.25) is 3.11 Å². The Morgan fingerprint density at radius 1 is 1.20 bits per heavy atom. The van der Waals surface area contributed by atoms with E-state index < -0.39 is 0 Å². The van der Waals surface area contributed by atoms with Crippen molar-refractivity contribution in [2.75, 3.05) is 7.05 Å². The Hall–Kier alpha value is 0.420. The van der Waals surface area contributed by atoms with Crippen LogP contribution >= 0.6 is 35.1 Å². The third kappa shape index (κ3) is 5.33. The van der Waals surface area contributed by atoms with Gasteiger partial charge in [-0.2, -0.15) is 0 Å². The first kappa shape index (κ1) is 15.4. The molecule has 1 unspecified atom stereocenters. The number of nitrogens with zero attached hydrogens (tertiary/aromatic N) is 2. The fourth-order valence-electron chi connectivity index (χ4n) is 1.87. The molecular formula is C11H23IN2S. The van der Waals surface area contributed by atoms with Crippen LogP contribution in [0.5, 0.6) is 0 Å². The molecule has 0 aliphatic heterocycles. The molecule has 0 aromatic carbocycles. The number of hydrogen-bond acceptors (Lipinski definition) is 1. The standard InChI is InChI=1S/C11H23IN2S/c1-8(2)7-10(5)14(9(3)4)11(15)13(6)12/h8-10H,7H2,1-6H3. The molecule has 4 heteroatoms. The number of halogens is 1. The maximum Gasteiger partial charge on any atom is 0.180 e. The summed E-state index contributed by atoms with van der Waals surface area (Å²) in [6, 6.07) is 0.971. The predicted molar refractivity (Wildman–Crippen MR) is 80.3 cm³/mol. The van der Waals surface area contributed by atoms with Gasteiger partial charge in [-0.1, -0.05) is 13.8 Å². The quantitative estimate of drug-likeness (QED) is 0.437. The highest BCUT2D eigenvalue weighted by molar-refractivity contribution is 14.1. The molecule has 0 aliphatic rings. The molecule has 2 nitrogen and oxygen atoms in total. The minimum Gasteiger partial charge on any atom is -0.343 e. The van der Waals surface area contributed by atoms with Gasteiger partial charge < -0.3 is 4.90 Å². The lowest BCUT2D eigenvalue weighted by Crippen LogP contribution is -2.47. The highest BCUT2D eigenvalue weighted by Crippen LogP contribution is 2.17. The molecule has 0 bridgehead atoms. The van der Waals surface area contributed by atoms with Crippen LogP contribution in [-0.2, 0) is 0 Å². The van der Waals surface area contributed by atoms with Crippen molar-refractivity contribution >= 4 is 40.2 Å². The molecule has 0 heterocycles. The summed E-state index contributed by atoms with van der Waals surface area (Å²) in [6.45, 7) is 11.2. The van der Waals surface area contributed by atoms with E-state index in [4.69, 9.17) is 12.2 Å². The summed E-state index contributed by atoms with van der Waals surface area (Å²) in [7, 11) is 2.00. The van der Waals surface area contributed by atoms with E-state index in [9.17, 15) is 0 Å². The molecule has 0 radical (unpaired) electrons. The lowest BCUT2D eigenvalue weighted by atomic mass is 10.0. The average molecular weight is 342 g/mol. The Morgan fingerprint density at radius 2 is 1.67 bits per heavy atom. The van der Waals surface area contributed by atoms with Gasteiger partial charge in [0.25, 0.3) is 0 Å². The summed E-state index contributed by atoms with van der Waals surface area (Å²) in [5.41, 5.74) is 0. The summed E-state index contributed by atoms with van der Waals surface area (Å²) in [4.78, 5) is 2.32. The molecule has 0 rings (SSSR count). The van der Waals surface area contributed by atoms with Crippen LogP contribution in [0.1, 0.15) is 41.0 Å². The van der Waals surface area contributed by atoms with Gasteiger partial charge in [0.1, 0.15) is 0 Å². The fraction of sp³-hybridized carbons (Fsp3) is 0.909. The molecule has 0 spiro atoms. The summed E-state index contributed by atoms with van der Waals surface area (Å²) in [6.07, 6.45) is 1.18. The topological polar surface area (TPSA) is 6.48 Å². The highest BCUT2D eigenvalue weighted by atomic mass is 127. The monoisotopic (exact) mass is 342 g/mol. The van der Waals surface area contributed by atoms with Crippen LogP contribution in [0.4, 0.5) is 0 Å². The zero-order chi connectivity index (χ0) is 12.2. The minimum absolute atomic E-state index is 0.462. The van der Waals surface area contributed by atoms with Gasteiger partial charge in [0.05, 0.1) is 22.9 Å². The second kappa shape index (κ2) is 6.89. The van der Waals surface area contributed by atoms with E-state index in [1.165, 1.54) is 6.42 Å². The molecule has 0 aromatic rings. The highest BCUT2D eigenvalue weighted by Gasteiger charge is 2.22. The van der Waals surface area contributed by atoms with E-state index in [-0.39, 0.29) is 0 Å². The first-order valence-corrected chi connectivity index (χ1v) is 6.86. The second-order valence-electron chi connectivity index (χ2n) is 4.74. The van der Waals surface area contributed by atoms with Crippen LogP contribution in [0.2, 0.25) is 0 Å². The first-order chi connectivity index (χ1) is 6.77. The summed E-state index contributed by atoms with van der Waals surface area (Å²) < 4.78 is 1.99. The zero-order valence-electron chi connectivity index (χ0n) is 10.6. The third-order valence-electron chi connectivity index (χ3n) is 2.33. The molecule has 0 amide bonds. The van der Waals surface area contributed by atoms with Crippen molar-refractivity contribution < 1.29 is 0 Å². The van der Waals surface area contributed by atoms with E-state index in [0.29, 0.717) is 18.0 Å². The molecule has 0 aliphatic carbocycles. The van der Waals surface area contributed by atoms with Crippen molar-refractivity contribution in [2.24, 2.45) is 5.92 Å². The molecule has 0 saturated heterocycles. The van der Waals surface area contributed by atoms with Crippen LogP contribution in [0.15, 0.2) is 0 Å². The van der Waals surface area contributed by atoms with Crippen LogP contribution in [0.25, 0.3) is 0 Å². The predicted octanol–water partition coefficient (Wildman–Crippen LogP) is 3.70. The zero-order valence-corrected chi connectivity index (χ0v) is 13.6. The summed E-state index contributed by atoms with van der Waals surface area (Å²) in [5, 5.41) is 0.929. The smallest absolute Gasteiger partial charge is 0.180 e. The molecule has 15 heavy (non-hydrogen) atoms. The second-order valence-corrected chi connectivity index (χ2v) is 6.55. The molecule has 0 saturated carbocycles. The average Bonchev–Trinajstić information content (AvgIpc) is 2.01. The van der Waals surface area contributed by atoms with Gasteiger partial charge in [0, 0.05) is 19.1 Å². The van der Waals surface area contributed by atoms with E-state index in [1.54, 1.807) is 0 Å². The lowest BCUT2D eigenvalue weighted by Gasteiger charge is -2.37. The number of rotatable bonds is 4. The lowest BCUT2D eigenvalue weighted by molar-refractivity contribution is 0.238. The molecule has 0 N–H and O–H groups in total. The summed E-state index contributed by atoms with van der Waals surface area (Å²) >= 11 is 7.68. The Labute approximate surface area is 114 Å². The fourth-order valence-corrected chi connectivity index (χ4v) is 2.51. The Kier molecular flexibility index (Phi) is 7.08. The van der Waals surface area contributed by atoms with Gasteiger partial charge in [0.2, 0.25) is 0 Å². The van der Waals surface area contributed by atoms with E-state index >= 15 is 0 Å². The largest absolute Gasteiger partial charge is 0.343 e. The maximum atomic E-state index is 5.45. The first-order valence-electron chi connectivity index (χ1n) is 5.49. The van der Waals surface area contributed by atoms with E-state index in [1.807, 2.05) is 10.2 Å².